The Kier molecular flexibility index (Phi) is 5.72. The highest BCUT2D eigenvalue weighted by Gasteiger charge is 2.56. The number of benzene rings is 1. The van der Waals surface area contributed by atoms with Crippen molar-refractivity contribution in [2.75, 3.05) is 6.54 Å². The molecule has 26 heavy (non-hydrogen) atoms. The number of aliphatic hydroxyl groups is 1. The third kappa shape index (κ3) is 4.39. The molecule has 2 aromatic rings. The number of alkyl halides is 6. The van der Waals surface area contributed by atoms with Crippen LogP contribution in [0.15, 0.2) is 40.8 Å². The molecule has 1 heterocycles. The number of furan rings is 1. The monoisotopic (exact) mass is 381 g/mol. The van der Waals surface area contributed by atoms with Crippen LogP contribution in [0.5, 0.6) is 0 Å². The zero-order valence-electron chi connectivity index (χ0n) is 13.7. The summed E-state index contributed by atoms with van der Waals surface area (Å²) < 4.78 is 83.5. The topological polar surface area (TPSA) is 45.4 Å². The largest absolute Gasteiger partial charge is 0.463 e. The summed E-state index contributed by atoms with van der Waals surface area (Å²) in [4.78, 5) is 0. The first-order valence-electron chi connectivity index (χ1n) is 7.67. The van der Waals surface area contributed by atoms with Crippen LogP contribution in [0, 0.1) is 6.92 Å². The van der Waals surface area contributed by atoms with Crippen LogP contribution in [0.3, 0.4) is 0 Å². The molecule has 0 aliphatic heterocycles. The fraction of sp³-hybridized carbons (Fsp3) is 0.412. The van der Waals surface area contributed by atoms with E-state index in [1.54, 1.807) is 0 Å². The second-order valence-electron chi connectivity index (χ2n) is 5.85. The van der Waals surface area contributed by atoms with E-state index in [2.05, 4.69) is 5.32 Å². The predicted octanol–water partition coefficient (Wildman–Crippen LogP) is 4.54. The summed E-state index contributed by atoms with van der Waals surface area (Å²) in [5, 5.41) is 12.6. The van der Waals surface area contributed by atoms with Gasteiger partial charge in [0.1, 0.15) is 11.5 Å². The van der Waals surface area contributed by atoms with Gasteiger partial charge in [-0.05, 0) is 37.2 Å². The standard InChI is InChI=1S/C17H17F6NO2/c1-11-6-7-14(26-11)15(25,17(21,22)23)8-9-24-10-12-4-2-3-5-13(12)16(18,19)20/h2-7,24-25H,8-10H2,1H3/t15-/m0/s1. The summed E-state index contributed by atoms with van der Waals surface area (Å²) in [5.74, 6) is -0.449. The highest BCUT2D eigenvalue weighted by molar-refractivity contribution is 5.29. The molecule has 2 rings (SSSR count). The lowest BCUT2D eigenvalue weighted by Gasteiger charge is -2.28. The summed E-state index contributed by atoms with van der Waals surface area (Å²) in [6.07, 6.45) is -10.4. The summed E-state index contributed by atoms with van der Waals surface area (Å²) in [5.41, 5.74) is -4.18. The van der Waals surface area contributed by atoms with Crippen LogP contribution in [0.1, 0.15) is 29.1 Å². The summed E-state index contributed by atoms with van der Waals surface area (Å²) >= 11 is 0. The van der Waals surface area contributed by atoms with E-state index in [0.29, 0.717) is 0 Å². The molecule has 3 nitrogen and oxygen atoms in total. The lowest BCUT2D eigenvalue weighted by atomic mass is 9.95. The molecule has 0 unspecified atom stereocenters. The Morgan fingerprint density at radius 2 is 1.65 bits per heavy atom. The summed E-state index contributed by atoms with van der Waals surface area (Å²) in [7, 11) is 0. The molecule has 1 atom stereocenters. The highest BCUT2D eigenvalue weighted by Crippen LogP contribution is 2.42. The molecule has 0 spiro atoms. The lowest BCUT2D eigenvalue weighted by Crippen LogP contribution is -2.44. The molecule has 0 bridgehead atoms. The van der Waals surface area contributed by atoms with Gasteiger partial charge in [-0.2, -0.15) is 26.3 Å². The quantitative estimate of drug-likeness (QED) is 0.571. The maximum Gasteiger partial charge on any atom is 0.424 e. The van der Waals surface area contributed by atoms with Crippen LogP contribution < -0.4 is 5.32 Å². The molecule has 9 heteroatoms. The van der Waals surface area contributed by atoms with E-state index in [1.165, 1.54) is 31.2 Å². The third-order valence-corrected chi connectivity index (χ3v) is 3.92. The number of hydrogen-bond donors (Lipinski definition) is 2. The van der Waals surface area contributed by atoms with E-state index >= 15 is 0 Å². The zero-order valence-corrected chi connectivity index (χ0v) is 13.7. The average Bonchev–Trinajstić information content (AvgIpc) is 2.96. The molecule has 0 amide bonds. The molecular weight excluding hydrogens is 364 g/mol. The SMILES string of the molecule is Cc1ccc([C@@](O)(CCNCc2ccccc2C(F)(F)F)C(F)(F)F)o1. The van der Waals surface area contributed by atoms with Gasteiger partial charge < -0.3 is 14.8 Å². The van der Waals surface area contributed by atoms with Gasteiger partial charge >= 0.3 is 12.4 Å². The summed E-state index contributed by atoms with van der Waals surface area (Å²) in [6.45, 7) is 0.773. The van der Waals surface area contributed by atoms with Crippen molar-refractivity contribution in [2.45, 2.75) is 37.8 Å². The van der Waals surface area contributed by atoms with E-state index in [-0.39, 0.29) is 24.4 Å². The van der Waals surface area contributed by atoms with E-state index in [4.69, 9.17) is 4.42 Å². The van der Waals surface area contributed by atoms with Crippen molar-refractivity contribution in [3.05, 3.63) is 59.0 Å². The minimum atomic E-state index is -5.00. The van der Waals surface area contributed by atoms with Crippen LogP contribution in [0.4, 0.5) is 26.3 Å². The fourth-order valence-corrected chi connectivity index (χ4v) is 2.50. The van der Waals surface area contributed by atoms with Crippen molar-refractivity contribution in [3.8, 4) is 0 Å². The molecule has 0 saturated carbocycles. The maximum atomic E-state index is 13.3. The molecule has 0 aliphatic rings. The van der Waals surface area contributed by atoms with Gasteiger partial charge in [-0.25, -0.2) is 0 Å². The second-order valence-corrected chi connectivity index (χ2v) is 5.85. The number of nitrogens with one attached hydrogen (secondary N) is 1. The van der Waals surface area contributed by atoms with Crippen LogP contribution in [0.25, 0.3) is 0 Å². The van der Waals surface area contributed by atoms with Crippen molar-refractivity contribution < 1.29 is 35.9 Å². The van der Waals surface area contributed by atoms with Crippen molar-refractivity contribution in [1.29, 1.82) is 0 Å². The van der Waals surface area contributed by atoms with Crippen LogP contribution >= 0.6 is 0 Å². The van der Waals surface area contributed by atoms with Gasteiger partial charge in [-0.1, -0.05) is 18.2 Å². The highest BCUT2D eigenvalue weighted by atomic mass is 19.4. The Morgan fingerprint density at radius 3 is 2.19 bits per heavy atom. The van der Waals surface area contributed by atoms with E-state index in [0.717, 1.165) is 12.1 Å². The molecule has 1 aromatic heterocycles. The number of rotatable bonds is 6. The van der Waals surface area contributed by atoms with Crippen LogP contribution in [-0.4, -0.2) is 17.8 Å². The Morgan fingerprint density at radius 1 is 1.00 bits per heavy atom. The Hall–Kier alpha value is -2.00. The van der Waals surface area contributed by atoms with Crippen LogP contribution in [-0.2, 0) is 18.3 Å². The molecule has 144 valence electrons. The van der Waals surface area contributed by atoms with Gasteiger partial charge in [0.25, 0.3) is 0 Å². The molecule has 0 fully saturated rings. The lowest BCUT2D eigenvalue weighted by molar-refractivity contribution is -0.274. The van der Waals surface area contributed by atoms with Gasteiger partial charge in [-0.3, -0.25) is 0 Å². The summed E-state index contributed by atoms with van der Waals surface area (Å²) in [6, 6.07) is 7.09. The normalized spacial score (nSPS) is 15.1. The Balaban J connectivity index is 2.06. The smallest absolute Gasteiger partial charge is 0.424 e. The maximum absolute atomic E-state index is 13.3. The van der Waals surface area contributed by atoms with Gasteiger partial charge in [-0.15, -0.1) is 0 Å². The van der Waals surface area contributed by atoms with Gasteiger partial charge in [0.15, 0.2) is 0 Å². The Bertz CT molecular complexity index is 737. The van der Waals surface area contributed by atoms with Gasteiger partial charge in [0, 0.05) is 13.0 Å². The number of halogens is 6. The zero-order chi connectivity index (χ0) is 19.6. The van der Waals surface area contributed by atoms with Crippen molar-refractivity contribution in [2.24, 2.45) is 0 Å². The first-order valence-corrected chi connectivity index (χ1v) is 7.67. The molecular formula is C17H17F6NO2. The number of aryl methyl sites for hydroxylation is 1. The average molecular weight is 381 g/mol. The fourth-order valence-electron chi connectivity index (χ4n) is 2.50. The van der Waals surface area contributed by atoms with E-state index in [9.17, 15) is 31.4 Å². The first-order chi connectivity index (χ1) is 11.9. The molecule has 2 N–H and O–H groups in total. The molecule has 0 aliphatic carbocycles. The number of hydrogen-bond acceptors (Lipinski definition) is 3. The van der Waals surface area contributed by atoms with Crippen molar-refractivity contribution in [1.82, 2.24) is 5.32 Å². The molecule has 1 aromatic carbocycles. The molecule has 0 saturated heterocycles. The second kappa shape index (κ2) is 7.32. The predicted molar refractivity (Wildman–Crippen MR) is 81.2 cm³/mol. The van der Waals surface area contributed by atoms with Crippen LogP contribution in [0.2, 0.25) is 0 Å². The first kappa shape index (κ1) is 20.3. The van der Waals surface area contributed by atoms with Crippen molar-refractivity contribution >= 4 is 0 Å². The Labute approximate surface area is 145 Å². The van der Waals surface area contributed by atoms with E-state index in [1.807, 2.05) is 0 Å². The minimum absolute atomic E-state index is 0.0932. The van der Waals surface area contributed by atoms with E-state index < -0.39 is 35.7 Å². The molecule has 0 radical (unpaired) electrons. The van der Waals surface area contributed by atoms with Crippen molar-refractivity contribution in [3.63, 3.8) is 0 Å². The minimum Gasteiger partial charge on any atom is -0.463 e. The van der Waals surface area contributed by atoms with Gasteiger partial charge in [0.05, 0.1) is 5.56 Å². The third-order valence-electron chi connectivity index (χ3n) is 3.92. The van der Waals surface area contributed by atoms with Gasteiger partial charge in [0.2, 0.25) is 5.60 Å².